The predicted molar refractivity (Wildman–Crippen MR) is 103 cm³/mol. The molecule has 0 aliphatic carbocycles. The molecule has 0 fully saturated rings. The summed E-state index contributed by atoms with van der Waals surface area (Å²) in [6, 6.07) is 20.4. The van der Waals surface area contributed by atoms with Crippen LogP contribution in [0.2, 0.25) is 0 Å². The van der Waals surface area contributed by atoms with E-state index < -0.39 is 6.61 Å². The molecule has 3 aromatic carbocycles. The van der Waals surface area contributed by atoms with Crippen LogP contribution in [0.3, 0.4) is 0 Å². The van der Waals surface area contributed by atoms with E-state index in [2.05, 4.69) is 20.0 Å². The first-order valence-corrected chi connectivity index (χ1v) is 8.50. The maximum Gasteiger partial charge on any atom is 0.387 e. The summed E-state index contributed by atoms with van der Waals surface area (Å²) in [5.74, 6) is 0.263. The molecule has 1 aromatic heterocycles. The molecule has 0 atom stereocenters. The summed E-state index contributed by atoms with van der Waals surface area (Å²) < 4.78 is 28.8. The number of imidazole rings is 1. The minimum Gasteiger partial charge on any atom is -0.435 e. The van der Waals surface area contributed by atoms with E-state index in [0.717, 1.165) is 16.6 Å². The molecule has 7 heteroatoms. The molecule has 0 aliphatic rings. The summed E-state index contributed by atoms with van der Waals surface area (Å²) in [6.45, 7) is -2.91. The minimum absolute atomic E-state index is 0.00535. The third kappa shape index (κ3) is 3.68. The Bertz CT molecular complexity index is 1090. The lowest BCUT2D eigenvalue weighted by molar-refractivity contribution is -0.0498. The first-order valence-electron chi connectivity index (χ1n) is 8.50. The number of nitrogens with zero attached hydrogens (tertiary/aromatic N) is 1. The van der Waals surface area contributed by atoms with Gasteiger partial charge in [-0.05, 0) is 48.5 Å². The Labute approximate surface area is 159 Å². The summed E-state index contributed by atoms with van der Waals surface area (Å²) >= 11 is 0. The number of fused-ring (bicyclic) bond motifs is 1. The van der Waals surface area contributed by atoms with E-state index in [0.29, 0.717) is 17.1 Å². The topological polar surface area (TPSA) is 67.0 Å². The molecule has 5 nitrogen and oxygen atoms in total. The van der Waals surface area contributed by atoms with Gasteiger partial charge in [0, 0.05) is 11.1 Å². The highest BCUT2D eigenvalue weighted by Crippen LogP contribution is 2.28. The smallest absolute Gasteiger partial charge is 0.387 e. The Morgan fingerprint density at radius 2 is 1.68 bits per heavy atom. The second kappa shape index (κ2) is 7.48. The molecule has 4 rings (SSSR count). The number of carbonyl (C=O) groups is 1. The number of H-pyrrole nitrogens is 1. The standard InChI is InChI=1S/C21H15F2N3O2/c22-21(23)28-14-11-9-13(10-12-14)20(27)26-16-6-2-1-5-15(16)19-24-17-7-3-4-8-18(17)25-19/h1-12,21H,(H,24,25)(H,26,27). The zero-order valence-corrected chi connectivity index (χ0v) is 14.5. The van der Waals surface area contributed by atoms with E-state index in [9.17, 15) is 13.6 Å². The molecular weight excluding hydrogens is 364 g/mol. The van der Waals surface area contributed by atoms with Gasteiger partial charge in [-0.25, -0.2) is 4.98 Å². The van der Waals surface area contributed by atoms with Gasteiger partial charge in [-0.3, -0.25) is 4.79 Å². The summed E-state index contributed by atoms with van der Waals surface area (Å²) in [5, 5.41) is 2.84. The number of ether oxygens (including phenoxy) is 1. The van der Waals surface area contributed by atoms with Gasteiger partial charge in [0.05, 0.1) is 16.7 Å². The Morgan fingerprint density at radius 3 is 2.43 bits per heavy atom. The Kier molecular flexibility index (Phi) is 4.72. The molecule has 28 heavy (non-hydrogen) atoms. The number of aromatic amines is 1. The van der Waals surface area contributed by atoms with E-state index in [1.807, 2.05) is 36.4 Å². The number of hydrogen-bond acceptors (Lipinski definition) is 3. The number of para-hydroxylation sites is 3. The van der Waals surface area contributed by atoms with Crippen molar-refractivity contribution in [3.63, 3.8) is 0 Å². The van der Waals surface area contributed by atoms with Gasteiger partial charge in [0.2, 0.25) is 0 Å². The van der Waals surface area contributed by atoms with Crippen LogP contribution in [-0.2, 0) is 0 Å². The van der Waals surface area contributed by atoms with Gasteiger partial charge in [-0.2, -0.15) is 8.78 Å². The van der Waals surface area contributed by atoms with E-state index in [4.69, 9.17) is 0 Å². The lowest BCUT2D eigenvalue weighted by Crippen LogP contribution is -2.12. The SMILES string of the molecule is O=C(Nc1ccccc1-c1nc2ccccc2[nH]1)c1ccc(OC(F)F)cc1. The van der Waals surface area contributed by atoms with Gasteiger partial charge in [-0.15, -0.1) is 0 Å². The van der Waals surface area contributed by atoms with Crippen LogP contribution in [0, 0.1) is 0 Å². The van der Waals surface area contributed by atoms with Gasteiger partial charge in [-0.1, -0.05) is 24.3 Å². The van der Waals surface area contributed by atoms with Crippen LogP contribution < -0.4 is 10.1 Å². The van der Waals surface area contributed by atoms with Gasteiger partial charge < -0.3 is 15.0 Å². The number of alkyl halides is 2. The van der Waals surface area contributed by atoms with Crippen LogP contribution in [0.5, 0.6) is 5.75 Å². The number of anilines is 1. The van der Waals surface area contributed by atoms with Crippen molar-refractivity contribution in [1.82, 2.24) is 9.97 Å². The van der Waals surface area contributed by atoms with Crippen molar-refractivity contribution in [2.45, 2.75) is 6.61 Å². The van der Waals surface area contributed by atoms with Gasteiger partial charge in [0.25, 0.3) is 5.91 Å². The summed E-state index contributed by atoms with van der Waals surface area (Å²) in [7, 11) is 0. The highest BCUT2D eigenvalue weighted by atomic mass is 19.3. The Morgan fingerprint density at radius 1 is 0.964 bits per heavy atom. The number of carbonyl (C=O) groups excluding carboxylic acids is 1. The second-order valence-corrected chi connectivity index (χ2v) is 6.01. The van der Waals surface area contributed by atoms with Crippen LogP contribution in [-0.4, -0.2) is 22.5 Å². The van der Waals surface area contributed by atoms with Gasteiger partial charge in [0.1, 0.15) is 11.6 Å². The van der Waals surface area contributed by atoms with E-state index in [-0.39, 0.29) is 11.7 Å². The zero-order valence-electron chi connectivity index (χ0n) is 14.5. The third-order valence-electron chi connectivity index (χ3n) is 4.16. The summed E-state index contributed by atoms with van der Waals surface area (Å²) in [5.41, 5.74) is 3.37. The summed E-state index contributed by atoms with van der Waals surface area (Å²) in [4.78, 5) is 20.4. The molecule has 0 aliphatic heterocycles. The fraction of sp³-hybridized carbons (Fsp3) is 0.0476. The minimum atomic E-state index is -2.91. The van der Waals surface area contributed by atoms with E-state index >= 15 is 0 Å². The first-order chi connectivity index (χ1) is 13.6. The van der Waals surface area contributed by atoms with Crippen LogP contribution in [0.4, 0.5) is 14.5 Å². The molecule has 2 N–H and O–H groups in total. The molecule has 1 amide bonds. The number of hydrogen-bond donors (Lipinski definition) is 2. The maximum atomic E-state index is 12.6. The number of amides is 1. The van der Waals surface area contributed by atoms with Gasteiger partial charge >= 0.3 is 6.61 Å². The maximum absolute atomic E-state index is 12.6. The van der Waals surface area contributed by atoms with Crippen LogP contribution in [0.1, 0.15) is 10.4 Å². The van der Waals surface area contributed by atoms with E-state index in [1.165, 1.54) is 24.3 Å². The molecule has 0 unspecified atom stereocenters. The largest absolute Gasteiger partial charge is 0.435 e. The van der Waals surface area contributed by atoms with Crippen molar-refractivity contribution in [2.75, 3.05) is 5.32 Å². The average molecular weight is 379 g/mol. The van der Waals surface area contributed by atoms with Crippen LogP contribution in [0.15, 0.2) is 72.8 Å². The lowest BCUT2D eigenvalue weighted by Gasteiger charge is -2.10. The van der Waals surface area contributed by atoms with Crippen molar-refractivity contribution >= 4 is 22.6 Å². The summed E-state index contributed by atoms with van der Waals surface area (Å²) in [6.07, 6.45) is 0. The van der Waals surface area contributed by atoms with Gasteiger partial charge in [0.15, 0.2) is 0 Å². The molecule has 0 saturated heterocycles. The van der Waals surface area contributed by atoms with Crippen molar-refractivity contribution in [3.05, 3.63) is 78.4 Å². The first kappa shape index (κ1) is 17.7. The Hall–Kier alpha value is -3.74. The molecule has 0 radical (unpaired) electrons. The van der Waals surface area contributed by atoms with Crippen molar-refractivity contribution in [3.8, 4) is 17.1 Å². The average Bonchev–Trinajstić information content (AvgIpc) is 3.12. The number of aromatic nitrogens is 2. The highest BCUT2D eigenvalue weighted by Gasteiger charge is 2.13. The zero-order chi connectivity index (χ0) is 19.5. The third-order valence-corrected chi connectivity index (χ3v) is 4.16. The molecule has 0 spiro atoms. The van der Waals surface area contributed by atoms with Crippen LogP contribution in [0.25, 0.3) is 22.4 Å². The number of halogens is 2. The molecule has 1 heterocycles. The van der Waals surface area contributed by atoms with Crippen molar-refractivity contribution in [2.24, 2.45) is 0 Å². The molecule has 140 valence electrons. The fourth-order valence-electron chi connectivity index (χ4n) is 2.86. The molecule has 4 aromatic rings. The van der Waals surface area contributed by atoms with Crippen molar-refractivity contribution in [1.29, 1.82) is 0 Å². The molecule has 0 bridgehead atoms. The lowest BCUT2D eigenvalue weighted by atomic mass is 10.1. The number of nitrogens with one attached hydrogen (secondary N) is 2. The number of rotatable bonds is 5. The van der Waals surface area contributed by atoms with Crippen LogP contribution >= 0.6 is 0 Å². The second-order valence-electron chi connectivity index (χ2n) is 6.01. The normalized spacial score (nSPS) is 11.0. The van der Waals surface area contributed by atoms with Crippen molar-refractivity contribution < 1.29 is 18.3 Å². The highest BCUT2D eigenvalue weighted by molar-refractivity contribution is 6.06. The fourth-order valence-corrected chi connectivity index (χ4v) is 2.86. The molecule has 0 saturated carbocycles. The molecular formula is C21H15F2N3O2. The predicted octanol–water partition coefficient (Wildman–Crippen LogP) is 5.08. The monoisotopic (exact) mass is 379 g/mol. The number of benzene rings is 3. The van der Waals surface area contributed by atoms with E-state index in [1.54, 1.807) is 12.1 Å². The Balaban J connectivity index is 1.59. The quantitative estimate of drug-likeness (QED) is 0.508.